The Morgan fingerprint density at radius 3 is 2.58 bits per heavy atom. The van der Waals surface area contributed by atoms with Crippen LogP contribution in [0.25, 0.3) is 0 Å². The molecule has 100 valence electrons. The molecule has 19 heavy (non-hydrogen) atoms. The largest absolute Gasteiger partial charge is 0.491 e. The van der Waals surface area contributed by atoms with Crippen molar-refractivity contribution in [3.05, 3.63) is 41.1 Å². The Morgan fingerprint density at radius 1 is 1.26 bits per heavy atom. The molecule has 0 unspecified atom stereocenters. The fourth-order valence-electron chi connectivity index (χ4n) is 1.49. The molecule has 0 spiro atoms. The summed E-state index contributed by atoms with van der Waals surface area (Å²) in [4.78, 5) is 8.22. The van der Waals surface area contributed by atoms with Gasteiger partial charge in [0.1, 0.15) is 5.75 Å². The van der Waals surface area contributed by atoms with Crippen molar-refractivity contribution < 1.29 is 4.74 Å². The molecule has 4 nitrogen and oxygen atoms in total. The molecule has 1 heterocycles. The molecule has 0 fully saturated rings. The van der Waals surface area contributed by atoms with Crippen LogP contribution < -0.4 is 9.16 Å². The zero-order valence-electron chi connectivity index (χ0n) is 10.5. The minimum Gasteiger partial charge on any atom is -0.491 e. The first-order chi connectivity index (χ1) is 9.08. The molecule has 0 radical (unpaired) electrons. The molecule has 0 atom stereocenters. The standard InChI is InChI=1S/C13H13BrClN3O/c1-9(2)19-10-4-5-11(14)12(8-10)18(15)13-16-6-3-7-17-13/h3-9H,1-2H3. The quantitative estimate of drug-likeness (QED) is 0.776. The van der Waals surface area contributed by atoms with Crippen molar-refractivity contribution in [3.8, 4) is 5.75 Å². The van der Waals surface area contributed by atoms with Crippen LogP contribution in [0.4, 0.5) is 11.6 Å². The van der Waals surface area contributed by atoms with Crippen LogP contribution in [0.1, 0.15) is 13.8 Å². The molecule has 6 heteroatoms. The van der Waals surface area contributed by atoms with E-state index in [1.165, 1.54) is 4.42 Å². The molecule has 1 aromatic carbocycles. The Labute approximate surface area is 125 Å². The Kier molecular flexibility index (Phi) is 4.61. The maximum absolute atomic E-state index is 6.27. The lowest BCUT2D eigenvalue weighted by Gasteiger charge is -2.17. The van der Waals surface area contributed by atoms with Crippen LogP contribution in [0.2, 0.25) is 0 Å². The van der Waals surface area contributed by atoms with Crippen molar-refractivity contribution in [3.63, 3.8) is 0 Å². The van der Waals surface area contributed by atoms with Gasteiger partial charge in [0.2, 0.25) is 5.95 Å². The second-order valence-corrected chi connectivity index (χ2v) is 5.30. The van der Waals surface area contributed by atoms with Crippen molar-refractivity contribution >= 4 is 39.3 Å². The third kappa shape index (κ3) is 3.58. The van der Waals surface area contributed by atoms with Gasteiger partial charge in [0.05, 0.1) is 11.8 Å². The first-order valence-electron chi connectivity index (χ1n) is 5.77. The molecule has 0 N–H and O–H groups in total. The summed E-state index contributed by atoms with van der Waals surface area (Å²) in [5.74, 6) is 1.15. The van der Waals surface area contributed by atoms with Crippen LogP contribution in [0.15, 0.2) is 41.1 Å². The van der Waals surface area contributed by atoms with Gasteiger partial charge >= 0.3 is 0 Å². The highest BCUT2D eigenvalue weighted by Gasteiger charge is 2.14. The highest BCUT2D eigenvalue weighted by molar-refractivity contribution is 9.10. The summed E-state index contributed by atoms with van der Waals surface area (Å²) >= 11 is 9.73. The monoisotopic (exact) mass is 341 g/mol. The van der Waals surface area contributed by atoms with E-state index in [9.17, 15) is 0 Å². The SMILES string of the molecule is CC(C)Oc1ccc(Br)c(N(Cl)c2ncccn2)c1. The van der Waals surface area contributed by atoms with E-state index in [-0.39, 0.29) is 6.10 Å². The molecule has 2 aromatic rings. The van der Waals surface area contributed by atoms with E-state index in [0.29, 0.717) is 5.95 Å². The van der Waals surface area contributed by atoms with Crippen LogP contribution in [0.5, 0.6) is 5.75 Å². The third-order valence-corrected chi connectivity index (χ3v) is 3.23. The molecule has 0 aliphatic carbocycles. The lowest BCUT2D eigenvalue weighted by Crippen LogP contribution is -2.09. The molecular weight excluding hydrogens is 330 g/mol. The number of aromatic nitrogens is 2. The van der Waals surface area contributed by atoms with E-state index < -0.39 is 0 Å². The van der Waals surface area contributed by atoms with Gasteiger partial charge in [0, 0.05) is 34.7 Å². The topological polar surface area (TPSA) is 38.2 Å². The lowest BCUT2D eigenvalue weighted by molar-refractivity contribution is 0.242. The van der Waals surface area contributed by atoms with Crippen LogP contribution in [-0.2, 0) is 0 Å². The van der Waals surface area contributed by atoms with Gasteiger partial charge in [-0.15, -0.1) is 0 Å². The van der Waals surface area contributed by atoms with Crippen LogP contribution in [0, 0.1) is 0 Å². The summed E-state index contributed by atoms with van der Waals surface area (Å²) in [5, 5.41) is 0. The number of benzene rings is 1. The predicted molar refractivity (Wildman–Crippen MR) is 79.9 cm³/mol. The summed E-state index contributed by atoms with van der Waals surface area (Å²) in [5.41, 5.74) is 0.728. The first-order valence-corrected chi connectivity index (χ1v) is 6.90. The van der Waals surface area contributed by atoms with Crippen molar-refractivity contribution in [2.75, 3.05) is 4.42 Å². The van der Waals surface area contributed by atoms with Gasteiger partial charge in [-0.05, 0) is 48.0 Å². The average Bonchev–Trinajstić information content (AvgIpc) is 2.40. The van der Waals surface area contributed by atoms with E-state index in [2.05, 4.69) is 25.9 Å². The summed E-state index contributed by atoms with van der Waals surface area (Å²) in [6.45, 7) is 3.95. The zero-order valence-corrected chi connectivity index (χ0v) is 12.9. The molecule has 1 aromatic heterocycles. The number of rotatable bonds is 4. The molecule has 0 aliphatic heterocycles. The smallest absolute Gasteiger partial charge is 0.245 e. The second-order valence-electron chi connectivity index (χ2n) is 4.11. The lowest BCUT2D eigenvalue weighted by atomic mass is 10.3. The normalized spacial score (nSPS) is 10.6. The average molecular weight is 343 g/mol. The minimum absolute atomic E-state index is 0.103. The van der Waals surface area contributed by atoms with Crippen LogP contribution in [-0.4, -0.2) is 16.1 Å². The summed E-state index contributed by atoms with van der Waals surface area (Å²) in [6, 6.07) is 7.34. The Balaban J connectivity index is 2.33. The number of hydrogen-bond acceptors (Lipinski definition) is 4. The van der Waals surface area contributed by atoms with Crippen molar-refractivity contribution in [2.45, 2.75) is 20.0 Å². The van der Waals surface area contributed by atoms with E-state index >= 15 is 0 Å². The second kappa shape index (κ2) is 6.21. The molecule has 0 aliphatic rings. The molecule has 2 rings (SSSR count). The van der Waals surface area contributed by atoms with E-state index in [4.69, 9.17) is 16.5 Å². The minimum atomic E-state index is 0.103. The Morgan fingerprint density at radius 2 is 1.95 bits per heavy atom. The van der Waals surface area contributed by atoms with Gasteiger partial charge in [-0.1, -0.05) is 0 Å². The van der Waals surface area contributed by atoms with Gasteiger partial charge in [-0.25, -0.2) is 14.4 Å². The van der Waals surface area contributed by atoms with Gasteiger partial charge in [0.25, 0.3) is 0 Å². The fourth-order valence-corrected chi connectivity index (χ4v) is 2.24. The maximum atomic E-state index is 6.27. The molecule has 0 bridgehead atoms. The van der Waals surface area contributed by atoms with E-state index in [1.54, 1.807) is 18.5 Å². The highest BCUT2D eigenvalue weighted by atomic mass is 79.9. The van der Waals surface area contributed by atoms with Crippen molar-refractivity contribution in [1.29, 1.82) is 0 Å². The Bertz CT molecular complexity index is 551. The molecular formula is C13H13BrClN3O. The molecule has 0 saturated carbocycles. The zero-order chi connectivity index (χ0) is 13.8. The van der Waals surface area contributed by atoms with Crippen molar-refractivity contribution in [2.24, 2.45) is 0 Å². The van der Waals surface area contributed by atoms with E-state index in [1.807, 2.05) is 32.0 Å². The molecule has 0 amide bonds. The number of hydrogen-bond donors (Lipinski definition) is 0. The van der Waals surface area contributed by atoms with Gasteiger partial charge in [0.15, 0.2) is 0 Å². The van der Waals surface area contributed by atoms with Gasteiger partial charge in [-0.2, -0.15) is 0 Å². The van der Waals surface area contributed by atoms with Gasteiger partial charge < -0.3 is 4.74 Å². The highest BCUT2D eigenvalue weighted by Crippen LogP contribution is 2.35. The number of nitrogens with zero attached hydrogens (tertiary/aromatic N) is 3. The fraction of sp³-hybridized carbons (Fsp3) is 0.231. The van der Waals surface area contributed by atoms with E-state index in [0.717, 1.165) is 15.9 Å². The summed E-state index contributed by atoms with van der Waals surface area (Å²) in [7, 11) is 0. The maximum Gasteiger partial charge on any atom is 0.245 e. The predicted octanol–water partition coefficient (Wildman–Crippen LogP) is 4.32. The van der Waals surface area contributed by atoms with Crippen LogP contribution in [0.3, 0.4) is 0 Å². The van der Waals surface area contributed by atoms with Crippen LogP contribution >= 0.6 is 27.7 Å². The number of anilines is 2. The molecule has 0 saturated heterocycles. The number of halogens is 2. The number of ether oxygens (including phenoxy) is 1. The third-order valence-electron chi connectivity index (χ3n) is 2.23. The summed E-state index contributed by atoms with van der Waals surface area (Å²) in [6.07, 6.45) is 3.38. The first kappa shape index (κ1) is 14.1. The Hall–Kier alpha value is -1.33. The van der Waals surface area contributed by atoms with Crippen molar-refractivity contribution in [1.82, 2.24) is 9.97 Å². The summed E-state index contributed by atoms with van der Waals surface area (Å²) < 4.78 is 7.87. The van der Waals surface area contributed by atoms with Gasteiger partial charge in [-0.3, -0.25) is 0 Å².